The first-order chi connectivity index (χ1) is 6.63. The zero-order valence-corrected chi connectivity index (χ0v) is 9.25. The Morgan fingerprint density at radius 3 is 2.93 bits per heavy atom. The average molecular weight is 242 g/mol. The van der Waals surface area contributed by atoms with Crippen LogP contribution in [0.5, 0.6) is 0 Å². The minimum absolute atomic E-state index is 0.000283. The van der Waals surface area contributed by atoms with Crippen molar-refractivity contribution in [2.75, 3.05) is 25.6 Å². The van der Waals surface area contributed by atoms with Crippen molar-refractivity contribution >= 4 is 26.1 Å². The lowest BCUT2D eigenvalue weighted by molar-refractivity contribution is -0.127. The Bertz CT molecular complexity index is 204. The Hall–Kier alpha value is 0.0700. The molecule has 0 aromatic carbocycles. The Morgan fingerprint density at radius 1 is 1.64 bits per heavy atom. The number of amides is 1. The summed E-state index contributed by atoms with van der Waals surface area (Å²) in [6.45, 7) is 1.55. The Labute approximate surface area is 88.6 Å². The zero-order valence-electron chi connectivity index (χ0n) is 7.60. The number of nitrogens with zero attached hydrogens (tertiary/aromatic N) is 1. The molecule has 1 aliphatic rings. The maximum Gasteiger partial charge on any atom is 0.327 e. The van der Waals surface area contributed by atoms with E-state index in [0.29, 0.717) is 13.1 Å². The van der Waals surface area contributed by atoms with Gasteiger partial charge in [0.2, 0.25) is 5.91 Å². The van der Waals surface area contributed by atoms with E-state index in [1.54, 1.807) is 4.90 Å². The molecule has 14 heavy (non-hydrogen) atoms. The monoisotopic (exact) mass is 241 g/mol. The van der Waals surface area contributed by atoms with Gasteiger partial charge in [0.15, 0.2) is 0 Å². The van der Waals surface area contributed by atoms with Gasteiger partial charge >= 0.3 is 8.60 Å². The van der Waals surface area contributed by atoms with Gasteiger partial charge in [0.05, 0.1) is 6.61 Å². The summed E-state index contributed by atoms with van der Waals surface area (Å²) in [7, 11) is -2.28. The number of carbonyl (C=O) groups excluding carboxylic acids is 1. The second-order valence-corrected chi connectivity index (χ2v) is 4.21. The van der Waals surface area contributed by atoms with Crippen molar-refractivity contribution in [3.63, 3.8) is 0 Å². The third-order valence-electron chi connectivity index (χ3n) is 2.18. The quantitative estimate of drug-likeness (QED) is 0.549. The number of likely N-dealkylation sites (tertiary alicyclic amines) is 1. The molecule has 0 bridgehead atoms. The van der Waals surface area contributed by atoms with E-state index in [1.165, 1.54) is 0 Å². The van der Waals surface area contributed by atoms with Gasteiger partial charge in [0.1, 0.15) is 5.88 Å². The molecule has 0 aromatic rings. The van der Waals surface area contributed by atoms with E-state index in [4.69, 9.17) is 25.9 Å². The molecule has 7 heteroatoms. The fourth-order valence-corrected chi connectivity index (χ4v) is 1.96. The summed E-state index contributed by atoms with van der Waals surface area (Å²) in [5.74, 6) is 0.108. The molecular weight excluding hydrogens is 229 g/mol. The van der Waals surface area contributed by atoms with Gasteiger partial charge in [0.25, 0.3) is 0 Å². The first-order valence-electron chi connectivity index (χ1n) is 4.28. The summed E-state index contributed by atoms with van der Waals surface area (Å²) < 4.78 is 4.69. The van der Waals surface area contributed by atoms with Crippen molar-refractivity contribution in [2.45, 2.75) is 6.42 Å². The molecule has 82 valence electrons. The third-order valence-corrected chi connectivity index (χ3v) is 2.79. The van der Waals surface area contributed by atoms with Gasteiger partial charge in [-0.15, -0.1) is 11.6 Å². The average Bonchev–Trinajstić information content (AvgIpc) is 2.62. The Morgan fingerprint density at radius 2 is 2.36 bits per heavy atom. The van der Waals surface area contributed by atoms with E-state index in [0.717, 1.165) is 6.42 Å². The van der Waals surface area contributed by atoms with Crippen molar-refractivity contribution in [2.24, 2.45) is 5.92 Å². The number of halogens is 1. The lowest BCUT2D eigenvalue weighted by Gasteiger charge is -2.14. The van der Waals surface area contributed by atoms with E-state index in [1.807, 2.05) is 0 Å². The van der Waals surface area contributed by atoms with Crippen LogP contribution in [0.25, 0.3) is 0 Å². The Balaban J connectivity index is 2.23. The van der Waals surface area contributed by atoms with Crippen LogP contribution in [0.2, 0.25) is 0 Å². The molecule has 1 heterocycles. The molecular formula is C7H13ClNO4P. The van der Waals surface area contributed by atoms with Crippen LogP contribution in [0.4, 0.5) is 0 Å². The number of carbonyl (C=O) groups is 1. The van der Waals surface area contributed by atoms with Gasteiger partial charge in [-0.2, -0.15) is 0 Å². The lowest BCUT2D eigenvalue weighted by atomic mass is 10.1. The fraction of sp³-hybridized carbons (Fsp3) is 0.857. The summed E-state index contributed by atoms with van der Waals surface area (Å²) in [5.41, 5.74) is 0. The van der Waals surface area contributed by atoms with Gasteiger partial charge < -0.3 is 19.2 Å². The summed E-state index contributed by atoms with van der Waals surface area (Å²) in [6.07, 6.45) is 0.825. The second kappa shape index (κ2) is 5.83. The van der Waals surface area contributed by atoms with E-state index in [2.05, 4.69) is 0 Å². The molecule has 1 fully saturated rings. The van der Waals surface area contributed by atoms with Crippen molar-refractivity contribution < 1.29 is 19.1 Å². The SMILES string of the molecule is O=C(CCl)N1CCC(COP(O)O)C1. The molecule has 1 rings (SSSR count). The van der Waals surface area contributed by atoms with Crippen LogP contribution in [0.15, 0.2) is 0 Å². The molecule has 0 aromatic heterocycles. The zero-order chi connectivity index (χ0) is 10.6. The van der Waals surface area contributed by atoms with Crippen LogP contribution in [0, 0.1) is 5.92 Å². The largest absolute Gasteiger partial charge is 0.341 e. The predicted molar refractivity (Wildman–Crippen MR) is 52.7 cm³/mol. The van der Waals surface area contributed by atoms with Crippen LogP contribution in [0.3, 0.4) is 0 Å². The van der Waals surface area contributed by atoms with Gasteiger partial charge in [-0.05, 0) is 6.42 Å². The molecule has 2 N–H and O–H groups in total. The number of hydrogen-bond donors (Lipinski definition) is 2. The molecule has 0 aliphatic carbocycles. The van der Waals surface area contributed by atoms with E-state index in [-0.39, 0.29) is 24.3 Å². The van der Waals surface area contributed by atoms with E-state index >= 15 is 0 Å². The van der Waals surface area contributed by atoms with Gasteiger partial charge in [0, 0.05) is 19.0 Å². The number of rotatable bonds is 4. The van der Waals surface area contributed by atoms with Crippen molar-refractivity contribution in [1.82, 2.24) is 4.90 Å². The van der Waals surface area contributed by atoms with Crippen LogP contribution in [-0.4, -0.2) is 46.2 Å². The van der Waals surface area contributed by atoms with E-state index in [9.17, 15) is 4.79 Å². The molecule has 0 spiro atoms. The highest BCUT2D eigenvalue weighted by Crippen LogP contribution is 2.27. The molecule has 1 amide bonds. The number of hydrogen-bond acceptors (Lipinski definition) is 4. The molecule has 1 atom stereocenters. The molecule has 1 unspecified atom stereocenters. The van der Waals surface area contributed by atoms with Crippen LogP contribution < -0.4 is 0 Å². The molecule has 0 radical (unpaired) electrons. The number of alkyl halides is 1. The van der Waals surface area contributed by atoms with Crippen LogP contribution in [-0.2, 0) is 9.32 Å². The third kappa shape index (κ3) is 3.67. The first kappa shape index (κ1) is 12.1. The first-order valence-corrected chi connectivity index (χ1v) is 5.98. The summed E-state index contributed by atoms with van der Waals surface area (Å²) >= 11 is 5.41. The Kier molecular flexibility index (Phi) is 5.06. The maximum atomic E-state index is 11.2. The maximum absolute atomic E-state index is 11.2. The van der Waals surface area contributed by atoms with Crippen molar-refractivity contribution in [3.05, 3.63) is 0 Å². The molecule has 1 saturated heterocycles. The van der Waals surface area contributed by atoms with Crippen molar-refractivity contribution in [3.8, 4) is 0 Å². The highest BCUT2D eigenvalue weighted by molar-refractivity contribution is 7.39. The lowest BCUT2D eigenvalue weighted by Crippen LogP contribution is -2.30. The smallest absolute Gasteiger partial charge is 0.327 e. The van der Waals surface area contributed by atoms with E-state index < -0.39 is 8.60 Å². The molecule has 5 nitrogen and oxygen atoms in total. The van der Waals surface area contributed by atoms with Crippen LogP contribution in [0.1, 0.15) is 6.42 Å². The standard InChI is InChI=1S/C7H13ClNO4P/c8-3-7(10)9-2-1-6(4-9)5-13-14(11)12/h6,11-12H,1-5H2. The van der Waals surface area contributed by atoms with Gasteiger partial charge in [-0.25, -0.2) is 0 Å². The summed E-state index contributed by atoms with van der Waals surface area (Å²) in [6, 6.07) is 0. The van der Waals surface area contributed by atoms with Gasteiger partial charge in [-0.3, -0.25) is 4.79 Å². The minimum Gasteiger partial charge on any atom is -0.341 e. The normalized spacial score (nSPS) is 22.0. The van der Waals surface area contributed by atoms with Crippen LogP contribution >= 0.6 is 20.2 Å². The second-order valence-electron chi connectivity index (χ2n) is 3.18. The summed E-state index contributed by atoms with van der Waals surface area (Å²) in [5, 5.41) is 0. The summed E-state index contributed by atoms with van der Waals surface area (Å²) in [4.78, 5) is 29.9. The topological polar surface area (TPSA) is 70.0 Å². The van der Waals surface area contributed by atoms with Gasteiger partial charge in [-0.1, -0.05) is 0 Å². The molecule has 0 saturated carbocycles. The minimum atomic E-state index is -2.28. The predicted octanol–water partition coefficient (Wildman–Crippen LogP) is 0.302. The molecule has 1 aliphatic heterocycles. The fourth-order valence-electron chi connectivity index (χ4n) is 1.45. The highest BCUT2D eigenvalue weighted by atomic mass is 35.5. The highest BCUT2D eigenvalue weighted by Gasteiger charge is 2.26. The van der Waals surface area contributed by atoms with Crippen molar-refractivity contribution in [1.29, 1.82) is 0 Å².